The minimum atomic E-state index is -0.307. The van der Waals surface area contributed by atoms with Crippen LogP contribution in [0.5, 0.6) is 5.88 Å². The van der Waals surface area contributed by atoms with Gasteiger partial charge in [-0.05, 0) is 56.0 Å². The number of ether oxygens (including phenoxy) is 1. The Morgan fingerprint density at radius 2 is 1.93 bits per heavy atom. The normalized spacial score (nSPS) is 21.9. The van der Waals surface area contributed by atoms with E-state index in [2.05, 4.69) is 11.1 Å². The second-order valence-electron chi connectivity index (χ2n) is 7.13. The number of halogens is 1. The zero-order valence-corrected chi connectivity index (χ0v) is 16.4. The number of pyridine rings is 1. The number of rotatable bonds is 4. The average Bonchev–Trinajstić information content (AvgIpc) is 3.03. The Morgan fingerprint density at radius 1 is 1.14 bits per heavy atom. The molecular weight excluding hydrogens is 392 g/mol. The number of aromatic nitrogens is 1. The van der Waals surface area contributed by atoms with Crippen LogP contribution in [0.3, 0.4) is 0 Å². The van der Waals surface area contributed by atoms with E-state index in [0.29, 0.717) is 47.8 Å². The summed E-state index contributed by atoms with van der Waals surface area (Å²) in [4.78, 5) is 32.4. The maximum Gasteiger partial charge on any atom is 0.331 e. The molecule has 0 N–H and O–H groups in total. The van der Waals surface area contributed by atoms with Gasteiger partial charge >= 0.3 is 6.03 Å². The predicted molar refractivity (Wildman–Crippen MR) is 107 cm³/mol. The van der Waals surface area contributed by atoms with E-state index >= 15 is 0 Å². The highest BCUT2D eigenvalue weighted by molar-refractivity contribution is 6.31. The van der Waals surface area contributed by atoms with E-state index in [1.54, 1.807) is 42.6 Å². The lowest BCUT2D eigenvalue weighted by molar-refractivity contribution is -0.127. The molecule has 1 aliphatic heterocycles. The van der Waals surface area contributed by atoms with Crippen LogP contribution in [0.4, 0.5) is 10.5 Å². The molecule has 0 spiro atoms. The highest BCUT2D eigenvalue weighted by Gasteiger charge is 2.42. The summed E-state index contributed by atoms with van der Waals surface area (Å²) in [6.45, 7) is 0.0229. The lowest BCUT2D eigenvalue weighted by atomic mass is 9.92. The van der Waals surface area contributed by atoms with Gasteiger partial charge in [-0.25, -0.2) is 9.78 Å². The molecule has 4 rings (SSSR count). The first-order chi connectivity index (χ1) is 14.1. The largest absolute Gasteiger partial charge is 0.473 e. The molecule has 29 heavy (non-hydrogen) atoms. The van der Waals surface area contributed by atoms with E-state index in [-0.39, 0.29) is 30.6 Å². The van der Waals surface area contributed by atoms with Gasteiger partial charge in [0.25, 0.3) is 5.91 Å². The van der Waals surface area contributed by atoms with Crippen LogP contribution in [0, 0.1) is 11.3 Å². The lowest BCUT2D eigenvalue weighted by Gasteiger charge is -2.33. The fourth-order valence-electron chi connectivity index (χ4n) is 3.87. The van der Waals surface area contributed by atoms with Gasteiger partial charge in [-0.3, -0.25) is 14.6 Å². The number of hydrogen-bond donors (Lipinski definition) is 0. The molecule has 2 fully saturated rings. The number of amides is 3. The van der Waals surface area contributed by atoms with Crippen molar-refractivity contribution in [2.75, 3.05) is 11.4 Å². The fraction of sp³-hybridized carbons (Fsp3) is 0.333. The SMILES string of the molecule is N#Cc1cccnc1OC1CCC(N2C(=O)CN(c3cccc(Cl)c3)C2=O)CC1. The number of nitriles is 1. The van der Waals surface area contributed by atoms with E-state index in [4.69, 9.17) is 21.6 Å². The van der Waals surface area contributed by atoms with Gasteiger partial charge < -0.3 is 4.74 Å². The summed E-state index contributed by atoms with van der Waals surface area (Å²) < 4.78 is 5.90. The third kappa shape index (κ3) is 3.89. The number of urea groups is 1. The van der Waals surface area contributed by atoms with Gasteiger partial charge in [-0.2, -0.15) is 5.26 Å². The first kappa shape index (κ1) is 19.2. The molecule has 1 saturated heterocycles. The predicted octanol–water partition coefficient (Wildman–Crippen LogP) is 3.77. The number of nitrogens with zero attached hydrogens (tertiary/aromatic N) is 4. The van der Waals surface area contributed by atoms with E-state index in [0.717, 1.165) is 0 Å². The first-order valence-electron chi connectivity index (χ1n) is 9.47. The summed E-state index contributed by atoms with van der Waals surface area (Å²) in [5, 5.41) is 9.68. The number of carbonyl (C=O) groups is 2. The van der Waals surface area contributed by atoms with Crippen LogP contribution in [0.1, 0.15) is 31.2 Å². The Hall–Kier alpha value is -3.11. The summed E-state index contributed by atoms with van der Waals surface area (Å²) in [7, 11) is 0. The summed E-state index contributed by atoms with van der Waals surface area (Å²) >= 11 is 6.02. The first-order valence-corrected chi connectivity index (χ1v) is 9.85. The van der Waals surface area contributed by atoms with Gasteiger partial charge in [0.1, 0.15) is 24.3 Å². The summed E-state index contributed by atoms with van der Waals surface area (Å²) in [5.41, 5.74) is 1.02. The van der Waals surface area contributed by atoms with Crippen LogP contribution in [0.15, 0.2) is 42.6 Å². The molecule has 1 aliphatic carbocycles. The van der Waals surface area contributed by atoms with E-state index < -0.39 is 0 Å². The molecule has 1 saturated carbocycles. The van der Waals surface area contributed by atoms with Crippen LogP contribution in [0.2, 0.25) is 5.02 Å². The van der Waals surface area contributed by atoms with E-state index in [1.165, 1.54) is 9.80 Å². The molecule has 0 unspecified atom stereocenters. The minimum Gasteiger partial charge on any atom is -0.473 e. The van der Waals surface area contributed by atoms with Crippen molar-refractivity contribution in [3.8, 4) is 11.9 Å². The van der Waals surface area contributed by atoms with Crippen molar-refractivity contribution in [3.05, 3.63) is 53.2 Å². The summed E-state index contributed by atoms with van der Waals surface area (Å²) in [6.07, 6.45) is 4.17. The molecule has 7 nitrogen and oxygen atoms in total. The molecule has 0 bridgehead atoms. The molecule has 2 aromatic rings. The second-order valence-corrected chi connectivity index (χ2v) is 7.57. The fourth-order valence-corrected chi connectivity index (χ4v) is 4.05. The molecule has 2 heterocycles. The summed E-state index contributed by atoms with van der Waals surface area (Å²) in [5.74, 6) is 0.134. The van der Waals surface area contributed by atoms with Gasteiger partial charge in [0.2, 0.25) is 5.88 Å². The van der Waals surface area contributed by atoms with Crippen LogP contribution >= 0.6 is 11.6 Å². The molecule has 1 aromatic carbocycles. The quantitative estimate of drug-likeness (QED) is 0.716. The number of carbonyl (C=O) groups excluding carboxylic acids is 2. The molecule has 2 aliphatic rings. The smallest absolute Gasteiger partial charge is 0.331 e. The topological polar surface area (TPSA) is 86.5 Å². The Balaban J connectivity index is 1.40. The Bertz CT molecular complexity index is 982. The highest BCUT2D eigenvalue weighted by atomic mass is 35.5. The minimum absolute atomic E-state index is 0.0229. The molecule has 8 heteroatoms. The van der Waals surface area contributed by atoms with Crippen molar-refractivity contribution in [2.45, 2.75) is 37.8 Å². The monoisotopic (exact) mass is 410 g/mol. The molecule has 0 atom stereocenters. The summed E-state index contributed by atoms with van der Waals surface area (Å²) in [6, 6.07) is 11.9. The van der Waals surface area contributed by atoms with Crippen molar-refractivity contribution in [1.29, 1.82) is 5.26 Å². The van der Waals surface area contributed by atoms with Crippen molar-refractivity contribution < 1.29 is 14.3 Å². The molecular formula is C21H19ClN4O3. The Kier molecular flexibility index (Phi) is 5.36. The van der Waals surface area contributed by atoms with Crippen LogP contribution < -0.4 is 9.64 Å². The van der Waals surface area contributed by atoms with Gasteiger partial charge in [0.15, 0.2) is 0 Å². The lowest BCUT2D eigenvalue weighted by Crippen LogP contribution is -2.44. The standard InChI is InChI=1S/C21H19ClN4O3/c22-15-4-1-5-17(11-15)25-13-19(27)26(21(25)28)16-6-8-18(9-7-16)29-20-14(12-23)3-2-10-24-20/h1-5,10-11,16,18H,6-9,13H2. The van der Waals surface area contributed by atoms with Gasteiger partial charge in [0, 0.05) is 22.9 Å². The van der Waals surface area contributed by atoms with Crippen LogP contribution in [-0.4, -0.2) is 40.5 Å². The van der Waals surface area contributed by atoms with E-state index in [1.807, 2.05) is 0 Å². The van der Waals surface area contributed by atoms with Crippen molar-refractivity contribution in [2.24, 2.45) is 0 Å². The zero-order chi connectivity index (χ0) is 20.4. The maximum atomic E-state index is 12.9. The molecule has 1 aromatic heterocycles. The van der Waals surface area contributed by atoms with Gasteiger partial charge in [-0.15, -0.1) is 0 Å². The third-order valence-electron chi connectivity index (χ3n) is 5.30. The van der Waals surface area contributed by atoms with E-state index in [9.17, 15) is 9.59 Å². The molecule has 0 radical (unpaired) electrons. The Labute approximate surface area is 173 Å². The average molecular weight is 411 g/mol. The molecule has 148 valence electrons. The zero-order valence-electron chi connectivity index (χ0n) is 15.6. The van der Waals surface area contributed by atoms with Crippen molar-refractivity contribution in [1.82, 2.24) is 9.88 Å². The van der Waals surface area contributed by atoms with Gasteiger partial charge in [0.05, 0.1) is 0 Å². The Morgan fingerprint density at radius 3 is 2.66 bits per heavy atom. The maximum absolute atomic E-state index is 12.9. The number of benzene rings is 1. The van der Waals surface area contributed by atoms with Gasteiger partial charge in [-0.1, -0.05) is 17.7 Å². The molecule has 3 amide bonds. The number of anilines is 1. The third-order valence-corrected chi connectivity index (χ3v) is 5.53. The number of hydrogen-bond acceptors (Lipinski definition) is 5. The van der Waals surface area contributed by atoms with Crippen molar-refractivity contribution >= 4 is 29.2 Å². The van der Waals surface area contributed by atoms with Crippen LogP contribution in [-0.2, 0) is 4.79 Å². The van der Waals surface area contributed by atoms with Crippen molar-refractivity contribution in [3.63, 3.8) is 0 Å². The van der Waals surface area contributed by atoms with Crippen LogP contribution in [0.25, 0.3) is 0 Å². The number of imide groups is 1. The second kappa shape index (κ2) is 8.10. The highest BCUT2D eigenvalue weighted by Crippen LogP contribution is 2.31.